The van der Waals surface area contributed by atoms with E-state index < -0.39 is 102 Å². The van der Waals surface area contributed by atoms with Gasteiger partial charge in [0.05, 0.1) is 60.4 Å². The molecule has 7 N–H and O–H groups in total. The molecule has 0 aliphatic carbocycles. The first-order chi connectivity index (χ1) is 32.3. The third-order valence-corrected chi connectivity index (χ3v) is 15.0. The van der Waals surface area contributed by atoms with Gasteiger partial charge in [0, 0.05) is 57.6 Å². The Balaban J connectivity index is 1.47. The lowest BCUT2D eigenvalue weighted by molar-refractivity contribution is -0.318. The van der Waals surface area contributed by atoms with Crippen molar-refractivity contribution in [2.45, 2.75) is 198 Å². The number of nitrogens with one attached hydrogen (secondary N) is 2. The van der Waals surface area contributed by atoms with E-state index in [0.717, 1.165) is 6.42 Å². The van der Waals surface area contributed by atoms with Crippen molar-refractivity contribution < 1.29 is 73.0 Å². The second kappa shape index (κ2) is 24.2. The number of carbonyl (C=O) groups is 2. The van der Waals surface area contributed by atoms with Crippen molar-refractivity contribution in [3.05, 3.63) is 18.2 Å². The molecule has 18 atom stereocenters. The molecule has 5 rings (SSSR count). The molecule has 3 fully saturated rings. The van der Waals surface area contributed by atoms with E-state index in [-0.39, 0.29) is 43.9 Å². The number of esters is 1. The molecule has 396 valence electrons. The highest BCUT2D eigenvalue weighted by Gasteiger charge is 2.53. The van der Waals surface area contributed by atoms with Crippen molar-refractivity contribution in [1.82, 2.24) is 15.1 Å². The van der Waals surface area contributed by atoms with E-state index in [4.69, 9.17) is 37.9 Å². The van der Waals surface area contributed by atoms with Crippen molar-refractivity contribution in [1.29, 1.82) is 0 Å². The number of benzene rings is 1. The van der Waals surface area contributed by atoms with Gasteiger partial charge in [0.1, 0.15) is 30.0 Å². The predicted octanol–water partition coefficient (Wildman–Crippen LogP) is 3.64. The fraction of sp³-hybridized carbons (Fsp3) is 0.840. The molecular formula is C50H86N4O15. The van der Waals surface area contributed by atoms with Crippen LogP contribution in [0.1, 0.15) is 108 Å². The van der Waals surface area contributed by atoms with Crippen LogP contribution in [0.4, 0.5) is 10.5 Å². The van der Waals surface area contributed by atoms with Crippen molar-refractivity contribution in [2.75, 3.05) is 59.4 Å². The Morgan fingerprint density at radius 1 is 0.957 bits per heavy atom. The number of urea groups is 1. The highest BCUT2D eigenvalue weighted by molar-refractivity contribution is 5.91. The molecule has 2 amide bonds. The van der Waals surface area contributed by atoms with Gasteiger partial charge in [-0.25, -0.2) is 4.79 Å². The van der Waals surface area contributed by atoms with Gasteiger partial charge in [0.15, 0.2) is 24.1 Å². The molecule has 1 aromatic carbocycles. The van der Waals surface area contributed by atoms with E-state index in [1.165, 1.54) is 14.0 Å². The molecular weight excluding hydrogens is 897 g/mol. The number of likely N-dealkylation sites (N-methyl/N-ethyl adjacent to an activating group) is 1. The van der Waals surface area contributed by atoms with Gasteiger partial charge in [0.25, 0.3) is 0 Å². The number of carbonyl (C=O) groups excluding carboxylic acids is 2. The zero-order valence-electron chi connectivity index (χ0n) is 43.4. The van der Waals surface area contributed by atoms with Crippen molar-refractivity contribution in [2.24, 2.45) is 17.8 Å². The summed E-state index contributed by atoms with van der Waals surface area (Å²) in [6.07, 6.45) is -8.00. The minimum atomic E-state index is -1.94. The molecule has 4 heterocycles. The summed E-state index contributed by atoms with van der Waals surface area (Å²) in [6.45, 7) is 19.4. The number of methoxy groups -OCH3 is 1. The van der Waals surface area contributed by atoms with Crippen molar-refractivity contribution in [3.63, 3.8) is 0 Å². The van der Waals surface area contributed by atoms with Gasteiger partial charge < -0.3 is 79.0 Å². The van der Waals surface area contributed by atoms with Crippen LogP contribution in [0.5, 0.6) is 11.5 Å². The molecule has 0 spiro atoms. The maximum Gasteiger partial charge on any atom is 0.319 e. The topological polar surface area (TPSA) is 240 Å². The second-order valence-electron chi connectivity index (χ2n) is 21.1. The number of hydrogen-bond acceptors (Lipinski definition) is 17. The average Bonchev–Trinajstić information content (AvgIpc) is 3.55. The molecule has 0 saturated carbocycles. The first kappa shape index (κ1) is 57.0. The molecule has 19 nitrogen and oxygen atoms in total. The van der Waals surface area contributed by atoms with Crippen LogP contribution in [-0.2, 0) is 33.2 Å². The van der Waals surface area contributed by atoms with Crippen LogP contribution in [0.3, 0.4) is 0 Å². The van der Waals surface area contributed by atoms with Gasteiger partial charge in [-0.3, -0.25) is 9.69 Å². The Bertz CT molecular complexity index is 1810. The van der Waals surface area contributed by atoms with E-state index in [0.29, 0.717) is 56.3 Å². The van der Waals surface area contributed by atoms with E-state index >= 15 is 0 Å². The number of cyclic esters (lactones) is 1. The number of anilines is 1. The lowest BCUT2D eigenvalue weighted by Gasteiger charge is -2.48. The molecule has 0 bridgehead atoms. The highest BCUT2D eigenvalue weighted by atomic mass is 16.7. The zero-order valence-corrected chi connectivity index (χ0v) is 43.4. The summed E-state index contributed by atoms with van der Waals surface area (Å²) in [5.41, 5.74) is -4.19. The largest absolute Gasteiger partial charge is 0.489 e. The Morgan fingerprint density at radius 2 is 1.65 bits per heavy atom. The molecule has 4 aliphatic heterocycles. The smallest absolute Gasteiger partial charge is 0.319 e. The van der Waals surface area contributed by atoms with E-state index in [9.17, 15) is 35.1 Å². The Labute approximate surface area is 409 Å². The number of aliphatic hydroxyl groups excluding tert-OH is 3. The number of aliphatic hydroxyl groups is 5. The van der Waals surface area contributed by atoms with E-state index in [1.54, 1.807) is 66.7 Å². The van der Waals surface area contributed by atoms with Crippen LogP contribution in [0.2, 0.25) is 0 Å². The number of amides is 2. The van der Waals surface area contributed by atoms with Gasteiger partial charge in [0.2, 0.25) is 0 Å². The van der Waals surface area contributed by atoms with Crippen LogP contribution in [0, 0.1) is 17.8 Å². The normalized spacial score (nSPS) is 41.0. The maximum atomic E-state index is 14.6. The lowest BCUT2D eigenvalue weighted by Crippen LogP contribution is -2.60. The van der Waals surface area contributed by atoms with E-state index in [1.807, 2.05) is 37.7 Å². The third-order valence-electron chi connectivity index (χ3n) is 15.0. The predicted molar refractivity (Wildman–Crippen MR) is 257 cm³/mol. The molecule has 0 radical (unpaired) electrons. The maximum absolute atomic E-state index is 14.6. The van der Waals surface area contributed by atoms with Gasteiger partial charge in [-0.05, 0) is 106 Å². The minimum absolute atomic E-state index is 0.0943. The monoisotopic (exact) mass is 983 g/mol. The number of hydrogen-bond donors (Lipinski definition) is 7. The van der Waals surface area contributed by atoms with Gasteiger partial charge in [-0.1, -0.05) is 26.8 Å². The van der Waals surface area contributed by atoms with Crippen LogP contribution in [0.25, 0.3) is 0 Å². The molecule has 0 aromatic heterocycles. The van der Waals surface area contributed by atoms with Crippen molar-refractivity contribution >= 4 is 17.7 Å². The van der Waals surface area contributed by atoms with Gasteiger partial charge in [-0.2, -0.15) is 0 Å². The zero-order chi connectivity index (χ0) is 51.2. The SMILES string of the molecule is CC[C@H]1OC(=O)[C@H](C)[C@@H](O[C@H]2C[C@@](C)(OC)[C@@H](O)[C@H](C)O2)[C@H](C)[C@@H](O[C@@H]2O[C@H](C)C[C@H](N(C)C)[C@H]2O)[C@](C)(O)C[C@@H](C)CN(CCCNC(=O)Nc2cccc3c2OCCCO3)[C@H](C)[C@@H](O)[C@]1(C)O. The summed E-state index contributed by atoms with van der Waals surface area (Å²) in [4.78, 5) is 31.7. The fourth-order valence-electron chi connectivity index (χ4n) is 10.8. The first-order valence-electron chi connectivity index (χ1n) is 25.0. The quantitative estimate of drug-likeness (QED) is 0.117. The molecule has 3 saturated heterocycles. The first-order valence-corrected chi connectivity index (χ1v) is 25.0. The van der Waals surface area contributed by atoms with Crippen LogP contribution in [-0.4, -0.2) is 192 Å². The van der Waals surface area contributed by atoms with E-state index in [2.05, 4.69) is 10.6 Å². The molecule has 4 aliphatic rings. The standard InChI is InChI=1S/C50H86N4O15/c1-14-37-50(10,61)42(56)32(6)54(21-16-20-51-47(59)52-34-18-15-19-36-41(34)64-23-17-22-63-36)27-28(2)25-48(8,60)44(69-46-39(55)35(53(11)12)24-29(3)65-46)30(4)40(31(5)45(58)67-37)68-38-26-49(9,62-13)43(57)33(7)66-38/h15,18-19,28-33,35,37-40,42-44,46,55-57,60-61H,14,16-17,20-27H2,1-13H3,(H2,51,52,59)/t28-,29-,30+,31-,32-,33+,35+,37-,38+,39-,40+,42-,43+,44-,46+,48-,49-,50-/m1/s1. The summed E-state index contributed by atoms with van der Waals surface area (Å²) in [7, 11) is 5.25. The number of para-hydroxylation sites is 1. The summed E-state index contributed by atoms with van der Waals surface area (Å²) in [5, 5.41) is 65.8. The number of fused-ring (bicyclic) bond motifs is 1. The minimum Gasteiger partial charge on any atom is -0.489 e. The summed E-state index contributed by atoms with van der Waals surface area (Å²) < 4.78 is 49.7. The fourth-order valence-corrected chi connectivity index (χ4v) is 10.8. The third kappa shape index (κ3) is 13.8. The van der Waals surface area contributed by atoms with Gasteiger partial charge >= 0.3 is 12.0 Å². The van der Waals surface area contributed by atoms with Gasteiger partial charge in [-0.15, -0.1) is 0 Å². The summed E-state index contributed by atoms with van der Waals surface area (Å²) in [5.74, 6) is -1.90. The number of ether oxygens (including phenoxy) is 8. The molecule has 1 aromatic rings. The molecule has 69 heavy (non-hydrogen) atoms. The van der Waals surface area contributed by atoms with Crippen molar-refractivity contribution in [3.8, 4) is 11.5 Å². The summed E-state index contributed by atoms with van der Waals surface area (Å²) in [6, 6.07) is 3.84. The molecule has 19 heteroatoms. The number of rotatable bonds is 12. The summed E-state index contributed by atoms with van der Waals surface area (Å²) >= 11 is 0. The van der Waals surface area contributed by atoms with Crippen LogP contribution in [0.15, 0.2) is 18.2 Å². The Hall–Kier alpha value is -2.92. The Morgan fingerprint density at radius 3 is 2.32 bits per heavy atom. The number of nitrogens with zero attached hydrogens (tertiary/aromatic N) is 2. The second-order valence-corrected chi connectivity index (χ2v) is 21.1. The van der Waals surface area contributed by atoms with Crippen LogP contribution < -0.4 is 20.1 Å². The molecule has 0 unspecified atom stereocenters. The lowest BCUT2D eigenvalue weighted by atomic mass is 9.77. The highest BCUT2D eigenvalue weighted by Crippen LogP contribution is 2.41. The average molecular weight is 983 g/mol. The Kier molecular flexibility index (Phi) is 20.0. The van der Waals surface area contributed by atoms with Crippen LogP contribution >= 0.6 is 0 Å².